The molecule has 0 unspecified atom stereocenters. The maximum absolute atomic E-state index is 9.17. The second kappa shape index (κ2) is 2.90. The number of fused-ring (bicyclic) bond motifs is 1. The fourth-order valence-corrected chi connectivity index (χ4v) is 1.10. The minimum absolute atomic E-state index is 0.210. The van der Waals surface area contributed by atoms with Crippen LogP contribution in [0.2, 0.25) is 0 Å². The van der Waals surface area contributed by atoms with E-state index >= 15 is 0 Å². The highest BCUT2D eigenvalue weighted by atomic mass is 16.5. The number of rotatable bonds is 1. The Bertz CT molecular complexity index is 443. The molecule has 1 N–H and O–H groups in total. The number of nitrogens with zero attached hydrogens (tertiary/aromatic N) is 2. The van der Waals surface area contributed by atoms with Crippen LogP contribution >= 0.6 is 0 Å². The second-order valence-corrected chi connectivity index (χ2v) is 2.60. The van der Waals surface area contributed by atoms with Gasteiger partial charge < -0.3 is 9.84 Å². The van der Waals surface area contributed by atoms with Crippen molar-refractivity contribution in [3.05, 3.63) is 24.4 Å². The van der Waals surface area contributed by atoms with E-state index in [2.05, 4.69) is 9.97 Å². The number of aromatic hydroxyl groups is 1. The fourth-order valence-electron chi connectivity index (χ4n) is 1.10. The molecule has 0 bridgehead atoms. The maximum atomic E-state index is 9.17. The van der Waals surface area contributed by atoms with Crippen LogP contribution in [0.3, 0.4) is 0 Å². The molecule has 1 aromatic carbocycles. The summed E-state index contributed by atoms with van der Waals surface area (Å²) in [6.07, 6.45) is 1.61. The standard InChI is InChI=1S/C9H8N2O2/c1-13-9-10-5-6-4-7(12)2-3-8(6)11-9/h2-5,12H,1H3. The third kappa shape index (κ3) is 1.38. The lowest BCUT2D eigenvalue weighted by Crippen LogP contribution is -1.91. The molecule has 0 amide bonds. The van der Waals surface area contributed by atoms with E-state index in [9.17, 15) is 0 Å². The first-order valence-electron chi connectivity index (χ1n) is 3.79. The van der Waals surface area contributed by atoms with E-state index in [1.165, 1.54) is 7.11 Å². The number of aromatic nitrogens is 2. The minimum Gasteiger partial charge on any atom is -0.508 e. The van der Waals surface area contributed by atoms with Gasteiger partial charge in [-0.1, -0.05) is 0 Å². The zero-order valence-electron chi connectivity index (χ0n) is 7.06. The molecular weight excluding hydrogens is 168 g/mol. The van der Waals surface area contributed by atoms with Crippen molar-refractivity contribution in [1.82, 2.24) is 9.97 Å². The van der Waals surface area contributed by atoms with Crippen LogP contribution in [-0.2, 0) is 0 Å². The van der Waals surface area contributed by atoms with Crippen molar-refractivity contribution in [1.29, 1.82) is 0 Å². The Hall–Kier alpha value is -1.84. The van der Waals surface area contributed by atoms with Crippen molar-refractivity contribution >= 4 is 10.9 Å². The van der Waals surface area contributed by atoms with E-state index in [0.717, 1.165) is 10.9 Å². The van der Waals surface area contributed by atoms with Crippen molar-refractivity contribution in [3.63, 3.8) is 0 Å². The summed E-state index contributed by atoms with van der Waals surface area (Å²) >= 11 is 0. The molecule has 0 saturated carbocycles. The van der Waals surface area contributed by atoms with Gasteiger partial charge in [0.2, 0.25) is 0 Å². The Balaban J connectivity index is 2.66. The zero-order valence-corrected chi connectivity index (χ0v) is 7.06. The molecule has 2 rings (SSSR count). The van der Waals surface area contributed by atoms with Gasteiger partial charge in [0, 0.05) is 11.6 Å². The molecule has 2 aromatic rings. The third-order valence-electron chi connectivity index (χ3n) is 1.72. The van der Waals surface area contributed by atoms with Gasteiger partial charge in [-0.25, -0.2) is 4.98 Å². The lowest BCUT2D eigenvalue weighted by atomic mass is 10.2. The van der Waals surface area contributed by atoms with Gasteiger partial charge in [-0.05, 0) is 18.2 Å². The largest absolute Gasteiger partial charge is 0.508 e. The SMILES string of the molecule is COc1ncc2cc(O)ccc2n1. The molecule has 0 aliphatic carbocycles. The van der Waals surface area contributed by atoms with Gasteiger partial charge in [-0.2, -0.15) is 4.98 Å². The van der Waals surface area contributed by atoms with Crippen LogP contribution in [0.15, 0.2) is 24.4 Å². The van der Waals surface area contributed by atoms with Crippen LogP contribution < -0.4 is 4.74 Å². The van der Waals surface area contributed by atoms with Crippen molar-refractivity contribution in [3.8, 4) is 11.8 Å². The molecule has 1 heterocycles. The summed E-state index contributed by atoms with van der Waals surface area (Å²) in [5.41, 5.74) is 0.754. The lowest BCUT2D eigenvalue weighted by Gasteiger charge is -1.99. The molecule has 0 aliphatic heterocycles. The van der Waals surface area contributed by atoms with Crippen LogP contribution in [-0.4, -0.2) is 22.2 Å². The molecule has 0 radical (unpaired) electrons. The van der Waals surface area contributed by atoms with Gasteiger partial charge in [0.15, 0.2) is 0 Å². The summed E-state index contributed by atoms with van der Waals surface area (Å²) in [5.74, 6) is 0.210. The number of benzene rings is 1. The molecular formula is C9H8N2O2. The predicted molar refractivity (Wildman–Crippen MR) is 47.8 cm³/mol. The lowest BCUT2D eigenvalue weighted by molar-refractivity contribution is 0.381. The fraction of sp³-hybridized carbons (Fsp3) is 0.111. The number of hydrogen-bond donors (Lipinski definition) is 1. The molecule has 0 spiro atoms. The number of phenols is 1. The Morgan fingerprint density at radius 3 is 3.00 bits per heavy atom. The van der Waals surface area contributed by atoms with E-state index in [1.807, 2.05) is 0 Å². The molecule has 4 nitrogen and oxygen atoms in total. The van der Waals surface area contributed by atoms with Gasteiger partial charge in [-0.3, -0.25) is 0 Å². The Labute approximate surface area is 74.8 Å². The van der Waals surface area contributed by atoms with Gasteiger partial charge in [0.25, 0.3) is 0 Å². The molecule has 0 fully saturated rings. The second-order valence-electron chi connectivity index (χ2n) is 2.60. The average molecular weight is 176 g/mol. The molecule has 0 atom stereocenters. The summed E-state index contributed by atoms with van der Waals surface area (Å²) < 4.78 is 4.87. The topological polar surface area (TPSA) is 55.2 Å². The Morgan fingerprint density at radius 1 is 1.38 bits per heavy atom. The summed E-state index contributed by atoms with van der Waals surface area (Å²) in [4.78, 5) is 8.01. The minimum atomic E-state index is 0.210. The molecule has 66 valence electrons. The maximum Gasteiger partial charge on any atom is 0.316 e. The number of hydrogen-bond acceptors (Lipinski definition) is 4. The smallest absolute Gasteiger partial charge is 0.316 e. The quantitative estimate of drug-likeness (QED) is 0.712. The van der Waals surface area contributed by atoms with E-state index in [1.54, 1.807) is 24.4 Å². The first-order valence-corrected chi connectivity index (χ1v) is 3.79. The molecule has 0 aliphatic rings. The van der Waals surface area contributed by atoms with Crippen molar-refractivity contribution in [2.24, 2.45) is 0 Å². The highest BCUT2D eigenvalue weighted by molar-refractivity contribution is 5.79. The Kier molecular flexibility index (Phi) is 1.73. The Morgan fingerprint density at radius 2 is 2.23 bits per heavy atom. The van der Waals surface area contributed by atoms with E-state index in [4.69, 9.17) is 9.84 Å². The highest BCUT2D eigenvalue weighted by Gasteiger charge is 1.99. The predicted octanol–water partition coefficient (Wildman–Crippen LogP) is 1.34. The van der Waals surface area contributed by atoms with Crippen LogP contribution in [0.5, 0.6) is 11.8 Å². The first-order chi connectivity index (χ1) is 6.29. The van der Waals surface area contributed by atoms with Crippen LogP contribution in [0.25, 0.3) is 10.9 Å². The van der Waals surface area contributed by atoms with Gasteiger partial charge >= 0.3 is 6.01 Å². The molecule has 0 saturated heterocycles. The number of ether oxygens (including phenoxy) is 1. The van der Waals surface area contributed by atoms with Gasteiger partial charge in [0.1, 0.15) is 5.75 Å². The average Bonchev–Trinajstić information content (AvgIpc) is 2.17. The van der Waals surface area contributed by atoms with Crippen molar-refractivity contribution in [2.45, 2.75) is 0 Å². The van der Waals surface area contributed by atoms with Gasteiger partial charge in [-0.15, -0.1) is 0 Å². The monoisotopic (exact) mass is 176 g/mol. The number of methoxy groups -OCH3 is 1. The van der Waals surface area contributed by atoms with Crippen LogP contribution in [0, 0.1) is 0 Å². The summed E-state index contributed by atoms with van der Waals surface area (Å²) in [6.45, 7) is 0. The van der Waals surface area contributed by atoms with Crippen molar-refractivity contribution in [2.75, 3.05) is 7.11 Å². The van der Waals surface area contributed by atoms with E-state index in [-0.39, 0.29) is 5.75 Å². The van der Waals surface area contributed by atoms with E-state index < -0.39 is 0 Å². The summed E-state index contributed by atoms with van der Waals surface area (Å²) in [6, 6.07) is 5.23. The van der Waals surface area contributed by atoms with Gasteiger partial charge in [0.05, 0.1) is 12.6 Å². The van der Waals surface area contributed by atoms with Crippen LogP contribution in [0.4, 0.5) is 0 Å². The summed E-state index contributed by atoms with van der Waals surface area (Å²) in [5, 5.41) is 9.96. The molecule has 4 heteroatoms. The first kappa shape index (κ1) is 7.79. The van der Waals surface area contributed by atoms with E-state index in [0.29, 0.717) is 6.01 Å². The molecule has 13 heavy (non-hydrogen) atoms. The normalized spacial score (nSPS) is 10.2. The molecule has 1 aromatic heterocycles. The third-order valence-corrected chi connectivity index (χ3v) is 1.72. The summed E-state index contributed by atoms with van der Waals surface area (Å²) in [7, 11) is 1.52. The highest BCUT2D eigenvalue weighted by Crippen LogP contribution is 2.18. The van der Waals surface area contributed by atoms with Crippen LogP contribution in [0.1, 0.15) is 0 Å². The van der Waals surface area contributed by atoms with Crippen molar-refractivity contribution < 1.29 is 9.84 Å². The number of phenolic OH excluding ortho intramolecular Hbond substituents is 1. The zero-order chi connectivity index (χ0) is 9.26.